The number of amides is 3. The van der Waals surface area contributed by atoms with E-state index >= 15 is 0 Å². The lowest BCUT2D eigenvalue weighted by Crippen LogP contribution is -2.55. The van der Waals surface area contributed by atoms with E-state index in [0.29, 0.717) is 30.1 Å². The van der Waals surface area contributed by atoms with Crippen LogP contribution in [0, 0.1) is 17.8 Å². The van der Waals surface area contributed by atoms with E-state index in [9.17, 15) is 19.5 Å². The molecule has 7 atom stereocenters. The molecule has 2 aromatic rings. The van der Waals surface area contributed by atoms with Gasteiger partial charge in [-0.25, -0.2) is 0 Å². The average molecular weight is 635 g/mol. The van der Waals surface area contributed by atoms with Crippen LogP contribution in [0.5, 0.6) is 0 Å². The highest BCUT2D eigenvalue weighted by Crippen LogP contribution is 2.68. The van der Waals surface area contributed by atoms with Gasteiger partial charge in [-0.3, -0.25) is 14.4 Å². The smallest absolute Gasteiger partial charge is 0.248 e. The van der Waals surface area contributed by atoms with E-state index in [1.165, 1.54) is 0 Å². The lowest BCUT2D eigenvalue weighted by Gasteiger charge is -2.37. The van der Waals surface area contributed by atoms with E-state index in [0.717, 1.165) is 5.56 Å². The van der Waals surface area contributed by atoms with Crippen LogP contribution in [0.25, 0.3) is 0 Å². The summed E-state index contributed by atoms with van der Waals surface area (Å²) >= 11 is 11.4. The number of anilines is 1. The lowest BCUT2D eigenvalue weighted by molar-refractivity contribution is -0.142. The monoisotopic (exact) mass is 633 g/mol. The molecule has 2 aromatic carbocycles. The number of thioether (sulfide) groups is 1. The molecule has 3 aliphatic heterocycles. The molecule has 2 bridgehead atoms. The SMILES string of the molecule is CC(C)C[C@H](CO)N1C(=O)[C@@H]2[C@@H](C(=O)NCc3ccccc3)[C@@H]3SC2(CC3Br)C1C(=O)Nc1ccc(Cl)cc1. The Labute approximate surface area is 246 Å². The van der Waals surface area contributed by atoms with Gasteiger partial charge in [0.2, 0.25) is 17.7 Å². The standard InChI is InChI=1S/C29H33BrClN3O4S/c1-16(2)12-20(15-35)34-25(27(37)33-19-10-8-18(31)9-11-19)29-13-21(30)24(39-29)22(23(29)28(34)38)26(36)32-14-17-6-4-3-5-7-17/h3-11,16,20-25,35H,12-15H2,1-2H3,(H,32,36)(H,33,37)/t20-,21?,22-,23+,24-,25?,29?/m1/s1. The van der Waals surface area contributed by atoms with Gasteiger partial charge in [-0.2, -0.15) is 0 Å². The van der Waals surface area contributed by atoms with E-state index in [4.69, 9.17) is 11.6 Å². The van der Waals surface area contributed by atoms with E-state index in [1.807, 2.05) is 44.2 Å². The van der Waals surface area contributed by atoms with Crippen molar-refractivity contribution in [2.24, 2.45) is 17.8 Å². The van der Waals surface area contributed by atoms with Gasteiger partial charge in [-0.05, 0) is 48.6 Å². The van der Waals surface area contributed by atoms with E-state index < -0.39 is 28.7 Å². The number of halogens is 2. The number of likely N-dealkylation sites (tertiary alicyclic amines) is 1. The Bertz CT molecular complexity index is 1230. The Morgan fingerprint density at radius 1 is 1.15 bits per heavy atom. The molecule has 0 aromatic heterocycles. The predicted molar refractivity (Wildman–Crippen MR) is 158 cm³/mol. The number of benzene rings is 2. The van der Waals surface area contributed by atoms with Crippen LogP contribution in [0.4, 0.5) is 5.69 Å². The van der Waals surface area contributed by atoms with Gasteiger partial charge in [0.25, 0.3) is 0 Å². The molecule has 208 valence electrons. The number of carbonyl (C=O) groups is 3. The average Bonchev–Trinajstić information content (AvgIpc) is 3.51. The summed E-state index contributed by atoms with van der Waals surface area (Å²) in [5.74, 6) is -1.75. The first kappa shape index (κ1) is 28.5. The van der Waals surface area contributed by atoms with Crippen molar-refractivity contribution in [3.8, 4) is 0 Å². The van der Waals surface area contributed by atoms with Crippen LogP contribution in [0.2, 0.25) is 5.02 Å². The van der Waals surface area contributed by atoms with Crippen LogP contribution in [0.1, 0.15) is 32.3 Å². The number of nitrogens with zero attached hydrogens (tertiary/aromatic N) is 1. The van der Waals surface area contributed by atoms with Gasteiger partial charge in [0, 0.05) is 27.3 Å². The number of fused-ring (bicyclic) bond motifs is 1. The van der Waals surface area contributed by atoms with E-state index in [-0.39, 0.29) is 40.3 Å². The molecule has 1 spiro atoms. The number of carbonyl (C=O) groups excluding carboxylic acids is 3. The molecule has 3 amide bonds. The lowest BCUT2D eigenvalue weighted by atomic mass is 9.70. The number of rotatable bonds is 9. The summed E-state index contributed by atoms with van der Waals surface area (Å²) in [4.78, 5) is 43.6. The minimum absolute atomic E-state index is 0.0255. The third kappa shape index (κ3) is 5.23. The van der Waals surface area contributed by atoms with Crippen molar-refractivity contribution < 1.29 is 19.5 Å². The second-order valence-corrected chi connectivity index (χ2v) is 14.2. The van der Waals surface area contributed by atoms with E-state index in [1.54, 1.807) is 40.9 Å². The van der Waals surface area contributed by atoms with E-state index in [2.05, 4.69) is 26.6 Å². The van der Waals surface area contributed by atoms with Gasteiger partial charge >= 0.3 is 0 Å². The first-order chi connectivity index (χ1) is 18.7. The number of aliphatic hydroxyl groups excluding tert-OH is 1. The largest absolute Gasteiger partial charge is 0.394 e. The molecule has 39 heavy (non-hydrogen) atoms. The molecule has 3 N–H and O–H groups in total. The molecular formula is C29H33BrClN3O4S. The Morgan fingerprint density at radius 3 is 2.49 bits per heavy atom. The highest BCUT2D eigenvalue weighted by Gasteiger charge is 2.76. The summed E-state index contributed by atoms with van der Waals surface area (Å²) in [6.45, 7) is 4.17. The molecular weight excluding hydrogens is 602 g/mol. The number of hydrogen-bond acceptors (Lipinski definition) is 5. The normalized spacial score (nSPS) is 29.9. The van der Waals surface area contributed by atoms with Gasteiger partial charge in [0.1, 0.15) is 6.04 Å². The van der Waals surface area contributed by atoms with Crippen molar-refractivity contribution in [1.29, 1.82) is 0 Å². The predicted octanol–water partition coefficient (Wildman–Crippen LogP) is 4.47. The number of alkyl halides is 1. The van der Waals surface area contributed by atoms with Crippen LogP contribution < -0.4 is 10.6 Å². The molecule has 0 radical (unpaired) electrons. The Balaban J connectivity index is 1.49. The summed E-state index contributed by atoms with van der Waals surface area (Å²) in [7, 11) is 0. The zero-order valence-corrected chi connectivity index (χ0v) is 25.0. The summed E-state index contributed by atoms with van der Waals surface area (Å²) < 4.78 is -0.786. The second kappa shape index (κ2) is 11.4. The third-order valence-electron chi connectivity index (χ3n) is 8.05. The van der Waals surface area contributed by atoms with Gasteiger partial charge in [0.05, 0.1) is 29.2 Å². The minimum atomic E-state index is -0.830. The zero-order valence-electron chi connectivity index (χ0n) is 21.8. The highest BCUT2D eigenvalue weighted by atomic mass is 79.9. The fourth-order valence-corrected chi connectivity index (χ4v) is 10.3. The molecule has 3 fully saturated rings. The van der Waals surface area contributed by atoms with Crippen molar-refractivity contribution in [3.05, 3.63) is 65.2 Å². The first-order valence-electron chi connectivity index (χ1n) is 13.3. The summed E-state index contributed by atoms with van der Waals surface area (Å²) in [6, 6.07) is 15.1. The minimum Gasteiger partial charge on any atom is -0.394 e. The molecule has 0 saturated carbocycles. The van der Waals surface area contributed by atoms with Gasteiger partial charge in [-0.15, -0.1) is 11.8 Å². The van der Waals surface area contributed by atoms with Gasteiger partial charge < -0.3 is 20.6 Å². The third-order valence-corrected chi connectivity index (χ3v) is 11.5. The Morgan fingerprint density at radius 2 is 1.85 bits per heavy atom. The summed E-state index contributed by atoms with van der Waals surface area (Å²) in [6.07, 6.45) is 1.13. The molecule has 10 heteroatoms. The second-order valence-electron chi connectivity index (χ2n) is 11.1. The van der Waals surface area contributed by atoms with Crippen molar-refractivity contribution in [2.75, 3.05) is 11.9 Å². The van der Waals surface area contributed by atoms with Crippen LogP contribution in [-0.4, -0.2) is 61.2 Å². The fourth-order valence-electron chi connectivity index (χ4n) is 6.53. The maximum absolute atomic E-state index is 14.3. The van der Waals surface area contributed by atoms with Crippen molar-refractivity contribution in [1.82, 2.24) is 10.2 Å². The Hall–Kier alpha value is -2.07. The topological polar surface area (TPSA) is 98.7 Å². The number of aliphatic hydroxyl groups is 1. The van der Waals surface area contributed by atoms with Crippen LogP contribution in [0.3, 0.4) is 0 Å². The molecule has 5 rings (SSSR count). The Kier molecular flexibility index (Phi) is 8.34. The number of nitrogens with one attached hydrogen (secondary N) is 2. The maximum atomic E-state index is 14.3. The van der Waals surface area contributed by atoms with Crippen molar-refractivity contribution in [2.45, 2.75) is 60.1 Å². The molecule has 3 unspecified atom stereocenters. The quantitative estimate of drug-likeness (QED) is 0.354. The van der Waals surface area contributed by atoms with Crippen molar-refractivity contribution >= 4 is 62.7 Å². The molecule has 0 aliphatic carbocycles. The summed E-state index contributed by atoms with van der Waals surface area (Å²) in [5, 5.41) is 16.9. The molecule has 3 saturated heterocycles. The molecule has 7 nitrogen and oxygen atoms in total. The first-order valence-corrected chi connectivity index (χ1v) is 15.5. The summed E-state index contributed by atoms with van der Waals surface area (Å²) in [5.41, 5.74) is 1.55. The zero-order chi connectivity index (χ0) is 27.9. The maximum Gasteiger partial charge on any atom is 0.248 e. The number of hydrogen-bond donors (Lipinski definition) is 3. The van der Waals surface area contributed by atoms with Gasteiger partial charge in [-0.1, -0.05) is 71.7 Å². The van der Waals surface area contributed by atoms with Crippen LogP contribution >= 0.6 is 39.3 Å². The fraction of sp³-hybridized carbons (Fsp3) is 0.483. The molecule has 3 aliphatic rings. The molecule has 3 heterocycles. The highest BCUT2D eigenvalue weighted by molar-refractivity contribution is 9.09. The van der Waals surface area contributed by atoms with Crippen LogP contribution in [-0.2, 0) is 20.9 Å². The van der Waals surface area contributed by atoms with Crippen LogP contribution in [0.15, 0.2) is 54.6 Å². The van der Waals surface area contributed by atoms with Crippen molar-refractivity contribution in [3.63, 3.8) is 0 Å². The van der Waals surface area contributed by atoms with Gasteiger partial charge in [0.15, 0.2) is 0 Å².